The Hall–Kier alpha value is -1.18. The molecule has 0 spiro atoms. The summed E-state index contributed by atoms with van der Waals surface area (Å²) in [6, 6.07) is -0.360. The van der Waals surface area contributed by atoms with Crippen LogP contribution in [-0.2, 0) is 14.3 Å². The maximum absolute atomic E-state index is 11.5. The van der Waals surface area contributed by atoms with E-state index in [2.05, 4.69) is 15.5 Å². The Labute approximate surface area is 119 Å². The van der Waals surface area contributed by atoms with Crippen LogP contribution >= 0.6 is 0 Å². The van der Waals surface area contributed by atoms with E-state index in [-0.39, 0.29) is 12.6 Å². The number of carbonyl (C=O) groups excluding carboxylic acids is 2. The molecule has 116 valence electrons. The van der Waals surface area contributed by atoms with E-state index in [4.69, 9.17) is 9.84 Å². The van der Waals surface area contributed by atoms with Crippen LogP contribution in [0.15, 0.2) is 0 Å². The lowest BCUT2D eigenvalue weighted by Gasteiger charge is -2.26. The van der Waals surface area contributed by atoms with Crippen molar-refractivity contribution < 1.29 is 19.4 Å². The summed E-state index contributed by atoms with van der Waals surface area (Å²) in [5.74, 6) is -1.32. The first kappa shape index (κ1) is 16.9. The van der Waals surface area contributed by atoms with Gasteiger partial charge >= 0.3 is 11.8 Å². The first-order chi connectivity index (χ1) is 9.67. The van der Waals surface area contributed by atoms with E-state index in [1.807, 2.05) is 6.92 Å². The molecular weight excluding hydrogens is 262 g/mol. The van der Waals surface area contributed by atoms with Crippen molar-refractivity contribution in [2.45, 2.75) is 25.8 Å². The number of amides is 2. The van der Waals surface area contributed by atoms with Gasteiger partial charge in [0.2, 0.25) is 0 Å². The highest BCUT2D eigenvalue weighted by Gasteiger charge is 2.16. The lowest BCUT2D eigenvalue weighted by molar-refractivity contribution is -0.139. The van der Waals surface area contributed by atoms with Gasteiger partial charge in [0, 0.05) is 19.6 Å². The first-order valence-electron chi connectivity index (χ1n) is 7.17. The quantitative estimate of drug-likeness (QED) is 0.400. The zero-order chi connectivity index (χ0) is 14.8. The fourth-order valence-corrected chi connectivity index (χ4v) is 1.94. The molecule has 1 saturated heterocycles. The number of ether oxygens (including phenoxy) is 1. The minimum Gasteiger partial charge on any atom is -0.394 e. The minimum atomic E-state index is -0.683. The van der Waals surface area contributed by atoms with Crippen molar-refractivity contribution in [3.05, 3.63) is 0 Å². The molecule has 1 heterocycles. The number of hydrogen-bond donors (Lipinski definition) is 3. The number of aliphatic hydroxyl groups is 1. The fraction of sp³-hybridized carbons (Fsp3) is 0.846. The molecule has 2 amide bonds. The van der Waals surface area contributed by atoms with Crippen LogP contribution in [0, 0.1) is 0 Å². The number of aliphatic hydroxyl groups excluding tert-OH is 1. The summed E-state index contributed by atoms with van der Waals surface area (Å²) in [6.45, 7) is 6.39. The van der Waals surface area contributed by atoms with Gasteiger partial charge in [0.1, 0.15) is 0 Å². The Morgan fingerprint density at radius 1 is 1.30 bits per heavy atom. The monoisotopic (exact) mass is 287 g/mol. The molecule has 1 aliphatic rings. The van der Waals surface area contributed by atoms with Crippen LogP contribution in [0.5, 0.6) is 0 Å². The zero-order valence-electron chi connectivity index (χ0n) is 12.1. The fourth-order valence-electron chi connectivity index (χ4n) is 1.94. The molecule has 3 N–H and O–H groups in total. The largest absolute Gasteiger partial charge is 0.394 e. The average Bonchev–Trinajstić information content (AvgIpc) is 2.49. The van der Waals surface area contributed by atoms with Crippen molar-refractivity contribution in [3.8, 4) is 0 Å². The number of nitrogens with zero attached hydrogens (tertiary/aromatic N) is 1. The van der Waals surface area contributed by atoms with Crippen LogP contribution in [0.25, 0.3) is 0 Å². The van der Waals surface area contributed by atoms with Gasteiger partial charge in [0.25, 0.3) is 0 Å². The van der Waals surface area contributed by atoms with Gasteiger partial charge in [-0.2, -0.15) is 0 Å². The van der Waals surface area contributed by atoms with Crippen LogP contribution in [-0.4, -0.2) is 73.9 Å². The number of rotatable bonds is 7. The Kier molecular flexibility index (Phi) is 8.17. The van der Waals surface area contributed by atoms with Crippen LogP contribution in [0.2, 0.25) is 0 Å². The van der Waals surface area contributed by atoms with Gasteiger partial charge in [-0.15, -0.1) is 0 Å². The van der Waals surface area contributed by atoms with Crippen molar-refractivity contribution >= 4 is 11.8 Å². The SMILES string of the molecule is CCC(CO)NC(=O)C(=O)NCCCN1CCOCC1. The number of hydrogen-bond acceptors (Lipinski definition) is 5. The van der Waals surface area contributed by atoms with E-state index in [0.717, 1.165) is 39.3 Å². The van der Waals surface area contributed by atoms with Crippen LogP contribution in [0.4, 0.5) is 0 Å². The summed E-state index contributed by atoms with van der Waals surface area (Å²) in [5.41, 5.74) is 0. The minimum absolute atomic E-state index is 0.160. The highest BCUT2D eigenvalue weighted by atomic mass is 16.5. The van der Waals surface area contributed by atoms with E-state index in [1.54, 1.807) is 0 Å². The molecule has 0 aromatic heterocycles. The van der Waals surface area contributed by atoms with Gasteiger partial charge in [-0.05, 0) is 19.4 Å². The Balaban J connectivity index is 2.10. The smallest absolute Gasteiger partial charge is 0.309 e. The predicted octanol–water partition coefficient (Wildman–Crippen LogP) is -1.29. The Morgan fingerprint density at radius 2 is 2.00 bits per heavy atom. The summed E-state index contributed by atoms with van der Waals surface area (Å²) in [6.07, 6.45) is 1.39. The third kappa shape index (κ3) is 6.31. The molecule has 1 fully saturated rings. The molecule has 0 saturated carbocycles. The first-order valence-corrected chi connectivity index (χ1v) is 7.17. The van der Waals surface area contributed by atoms with Crippen LogP contribution in [0.1, 0.15) is 19.8 Å². The third-order valence-electron chi connectivity index (χ3n) is 3.30. The van der Waals surface area contributed by atoms with E-state index in [9.17, 15) is 9.59 Å². The second-order valence-corrected chi connectivity index (χ2v) is 4.82. The van der Waals surface area contributed by atoms with Crippen LogP contribution < -0.4 is 10.6 Å². The molecule has 0 bridgehead atoms. The topological polar surface area (TPSA) is 90.9 Å². The highest BCUT2D eigenvalue weighted by Crippen LogP contribution is 1.97. The standard InChI is InChI=1S/C13H25N3O4/c1-2-11(10-17)15-13(19)12(18)14-4-3-5-16-6-8-20-9-7-16/h11,17H,2-10H2,1H3,(H,14,18)(H,15,19). The molecule has 7 heteroatoms. The number of carbonyl (C=O) groups is 2. The van der Waals surface area contributed by atoms with Gasteiger partial charge < -0.3 is 20.5 Å². The zero-order valence-corrected chi connectivity index (χ0v) is 12.1. The predicted molar refractivity (Wildman–Crippen MR) is 74.2 cm³/mol. The molecule has 1 rings (SSSR count). The van der Waals surface area contributed by atoms with E-state index in [1.165, 1.54) is 0 Å². The van der Waals surface area contributed by atoms with Crippen molar-refractivity contribution in [1.82, 2.24) is 15.5 Å². The van der Waals surface area contributed by atoms with Gasteiger partial charge in [-0.3, -0.25) is 14.5 Å². The molecular formula is C13H25N3O4. The molecule has 0 aliphatic carbocycles. The Bertz CT molecular complexity index is 302. The van der Waals surface area contributed by atoms with Gasteiger partial charge in [-0.1, -0.05) is 6.92 Å². The average molecular weight is 287 g/mol. The lowest BCUT2D eigenvalue weighted by atomic mass is 10.2. The van der Waals surface area contributed by atoms with Gasteiger partial charge in [0.05, 0.1) is 25.9 Å². The third-order valence-corrected chi connectivity index (χ3v) is 3.30. The molecule has 1 aliphatic heterocycles. The summed E-state index contributed by atoms with van der Waals surface area (Å²) in [7, 11) is 0. The number of morpholine rings is 1. The molecule has 0 aromatic carbocycles. The van der Waals surface area contributed by atoms with Crippen molar-refractivity contribution in [3.63, 3.8) is 0 Å². The molecule has 0 radical (unpaired) electrons. The molecule has 1 atom stereocenters. The van der Waals surface area contributed by atoms with E-state index in [0.29, 0.717) is 13.0 Å². The molecule has 20 heavy (non-hydrogen) atoms. The number of nitrogens with one attached hydrogen (secondary N) is 2. The molecule has 0 aromatic rings. The molecule has 7 nitrogen and oxygen atoms in total. The highest BCUT2D eigenvalue weighted by molar-refractivity contribution is 6.35. The molecule has 1 unspecified atom stereocenters. The summed E-state index contributed by atoms with van der Waals surface area (Å²) in [4.78, 5) is 25.3. The normalized spacial score (nSPS) is 17.5. The van der Waals surface area contributed by atoms with Crippen molar-refractivity contribution in [2.24, 2.45) is 0 Å². The lowest BCUT2D eigenvalue weighted by Crippen LogP contribution is -2.46. The second kappa shape index (κ2) is 9.68. The summed E-state index contributed by atoms with van der Waals surface area (Å²) in [5, 5.41) is 14.0. The Morgan fingerprint density at radius 3 is 2.60 bits per heavy atom. The second-order valence-electron chi connectivity index (χ2n) is 4.82. The van der Waals surface area contributed by atoms with E-state index < -0.39 is 11.8 Å². The van der Waals surface area contributed by atoms with Crippen LogP contribution in [0.3, 0.4) is 0 Å². The van der Waals surface area contributed by atoms with Gasteiger partial charge in [0.15, 0.2) is 0 Å². The van der Waals surface area contributed by atoms with Crippen molar-refractivity contribution in [2.75, 3.05) is 46.0 Å². The van der Waals surface area contributed by atoms with Crippen molar-refractivity contribution in [1.29, 1.82) is 0 Å². The van der Waals surface area contributed by atoms with Gasteiger partial charge in [-0.25, -0.2) is 0 Å². The summed E-state index contributed by atoms with van der Waals surface area (Å²) >= 11 is 0. The maximum Gasteiger partial charge on any atom is 0.309 e. The summed E-state index contributed by atoms with van der Waals surface area (Å²) < 4.78 is 5.25. The van der Waals surface area contributed by atoms with E-state index >= 15 is 0 Å². The maximum atomic E-state index is 11.5.